The molecule has 7 heteroatoms. The average Bonchev–Trinajstić information content (AvgIpc) is 2.37. The first-order valence-corrected chi connectivity index (χ1v) is 7.52. The Labute approximate surface area is 139 Å². The normalized spacial score (nSPS) is 12.7. The summed E-state index contributed by atoms with van der Waals surface area (Å²) < 4.78 is -1.71. The van der Waals surface area contributed by atoms with Crippen molar-refractivity contribution >= 4 is 57.9 Å². The Morgan fingerprint density at radius 2 is 1.90 bits per heavy atom. The van der Waals surface area contributed by atoms with E-state index in [1.807, 2.05) is 31.2 Å². The minimum Gasteiger partial charge on any atom is -0.352 e. The summed E-state index contributed by atoms with van der Waals surface area (Å²) in [5, 5.41) is 5.48. The number of amides is 1. The highest BCUT2D eigenvalue weighted by atomic mass is 35.6. The van der Waals surface area contributed by atoms with Crippen molar-refractivity contribution in [3.63, 3.8) is 0 Å². The second kappa shape index (κ2) is 7.46. The van der Waals surface area contributed by atoms with Crippen LogP contribution in [-0.2, 0) is 4.79 Å². The van der Waals surface area contributed by atoms with Crippen LogP contribution in [0.25, 0.3) is 0 Å². The number of aryl methyl sites for hydroxylation is 1. The maximum absolute atomic E-state index is 11.5. The van der Waals surface area contributed by atoms with Crippen molar-refractivity contribution in [2.24, 2.45) is 0 Å². The van der Waals surface area contributed by atoms with E-state index in [-0.39, 0.29) is 12.3 Å². The number of thiocarbonyl (C=S) groups is 1. The van der Waals surface area contributed by atoms with Gasteiger partial charge >= 0.3 is 0 Å². The quantitative estimate of drug-likeness (QED) is 0.494. The number of carbonyl (C=O) groups excluding carboxylic acids is 1. The number of nitrogens with one attached hydrogen (secondary N) is 2. The molecule has 0 saturated carbocycles. The molecule has 1 aromatic carbocycles. The Balaban J connectivity index is 2.88. The third-order valence-electron chi connectivity index (χ3n) is 2.62. The molecule has 0 heterocycles. The van der Waals surface area contributed by atoms with E-state index in [9.17, 15) is 4.79 Å². The standard InChI is InChI=1S/C13H15Cl3N2OS/c1-3-10(19)17-12(13(14,15)16)18-11(20)9-7-5-4-6-8(9)2/h4-7,12H,3H2,1-2H3,(H,17,19)(H,18,20). The first-order valence-electron chi connectivity index (χ1n) is 5.98. The predicted molar refractivity (Wildman–Crippen MR) is 88.5 cm³/mol. The molecule has 1 aromatic rings. The van der Waals surface area contributed by atoms with Gasteiger partial charge in [0.2, 0.25) is 9.70 Å². The minimum absolute atomic E-state index is 0.235. The van der Waals surface area contributed by atoms with Crippen LogP contribution in [0.3, 0.4) is 0 Å². The summed E-state index contributed by atoms with van der Waals surface area (Å²) >= 11 is 22.9. The van der Waals surface area contributed by atoms with Crippen LogP contribution < -0.4 is 10.6 Å². The zero-order valence-electron chi connectivity index (χ0n) is 11.0. The van der Waals surface area contributed by atoms with Crippen molar-refractivity contribution in [2.45, 2.75) is 30.2 Å². The summed E-state index contributed by atoms with van der Waals surface area (Å²) in [5.41, 5.74) is 1.82. The van der Waals surface area contributed by atoms with E-state index in [0.29, 0.717) is 4.99 Å². The third-order valence-corrected chi connectivity index (χ3v) is 3.61. The van der Waals surface area contributed by atoms with Gasteiger partial charge in [-0.1, -0.05) is 78.2 Å². The van der Waals surface area contributed by atoms with Crippen LogP contribution in [0.2, 0.25) is 0 Å². The number of hydrogen-bond acceptors (Lipinski definition) is 2. The molecule has 0 aliphatic rings. The van der Waals surface area contributed by atoms with Crippen LogP contribution in [0.1, 0.15) is 24.5 Å². The molecular formula is C13H15Cl3N2OS. The fourth-order valence-electron chi connectivity index (χ4n) is 1.50. The highest BCUT2D eigenvalue weighted by Crippen LogP contribution is 2.29. The second-order valence-electron chi connectivity index (χ2n) is 4.18. The van der Waals surface area contributed by atoms with E-state index in [0.717, 1.165) is 11.1 Å². The fourth-order valence-corrected chi connectivity index (χ4v) is 2.17. The Kier molecular flexibility index (Phi) is 6.52. The maximum Gasteiger partial charge on any atom is 0.228 e. The molecule has 20 heavy (non-hydrogen) atoms. The van der Waals surface area contributed by atoms with Crippen molar-refractivity contribution in [1.82, 2.24) is 10.6 Å². The highest BCUT2D eigenvalue weighted by Gasteiger charge is 2.34. The molecule has 1 unspecified atom stereocenters. The van der Waals surface area contributed by atoms with Gasteiger partial charge in [-0.2, -0.15) is 0 Å². The van der Waals surface area contributed by atoms with Gasteiger partial charge in [0.1, 0.15) is 11.2 Å². The molecule has 1 rings (SSSR count). The summed E-state index contributed by atoms with van der Waals surface area (Å²) in [6.45, 7) is 3.64. The summed E-state index contributed by atoms with van der Waals surface area (Å²) in [4.78, 5) is 11.9. The summed E-state index contributed by atoms with van der Waals surface area (Å²) in [6.07, 6.45) is -0.608. The van der Waals surface area contributed by atoms with E-state index in [2.05, 4.69) is 10.6 Å². The molecule has 0 spiro atoms. The number of benzene rings is 1. The van der Waals surface area contributed by atoms with Crippen molar-refractivity contribution in [1.29, 1.82) is 0 Å². The number of carbonyl (C=O) groups is 1. The largest absolute Gasteiger partial charge is 0.352 e. The molecule has 0 aliphatic carbocycles. The van der Waals surface area contributed by atoms with Crippen LogP contribution in [0, 0.1) is 6.92 Å². The van der Waals surface area contributed by atoms with Gasteiger partial charge in [-0.05, 0) is 12.5 Å². The van der Waals surface area contributed by atoms with Gasteiger partial charge < -0.3 is 10.6 Å². The van der Waals surface area contributed by atoms with Crippen molar-refractivity contribution in [3.8, 4) is 0 Å². The summed E-state index contributed by atoms with van der Waals surface area (Å²) in [6, 6.07) is 7.57. The Hall–Kier alpha value is -0.550. The smallest absolute Gasteiger partial charge is 0.228 e. The van der Waals surface area contributed by atoms with Crippen LogP contribution >= 0.6 is 47.0 Å². The van der Waals surface area contributed by atoms with Crippen LogP contribution in [0.5, 0.6) is 0 Å². The van der Waals surface area contributed by atoms with Gasteiger partial charge in [-0.15, -0.1) is 0 Å². The van der Waals surface area contributed by atoms with E-state index in [4.69, 9.17) is 47.0 Å². The van der Waals surface area contributed by atoms with Crippen molar-refractivity contribution < 1.29 is 4.79 Å². The molecule has 0 aliphatic heterocycles. The Bertz CT molecular complexity index is 503. The lowest BCUT2D eigenvalue weighted by Gasteiger charge is -2.27. The molecule has 1 atom stereocenters. The lowest BCUT2D eigenvalue weighted by molar-refractivity contribution is -0.121. The molecule has 0 aromatic heterocycles. The lowest BCUT2D eigenvalue weighted by atomic mass is 10.1. The van der Waals surface area contributed by atoms with Gasteiger partial charge in [-0.25, -0.2) is 0 Å². The number of halogens is 3. The topological polar surface area (TPSA) is 41.1 Å². The Morgan fingerprint density at radius 1 is 1.30 bits per heavy atom. The van der Waals surface area contributed by atoms with Crippen LogP contribution in [0.15, 0.2) is 24.3 Å². The lowest BCUT2D eigenvalue weighted by Crippen LogP contribution is -2.55. The minimum atomic E-state index is -1.71. The third kappa shape index (κ3) is 5.09. The fraction of sp³-hybridized carbons (Fsp3) is 0.385. The monoisotopic (exact) mass is 352 g/mol. The highest BCUT2D eigenvalue weighted by molar-refractivity contribution is 7.80. The van der Waals surface area contributed by atoms with Crippen molar-refractivity contribution in [3.05, 3.63) is 35.4 Å². The molecule has 110 valence electrons. The summed E-state index contributed by atoms with van der Waals surface area (Å²) in [7, 11) is 0. The van der Waals surface area contributed by atoms with Gasteiger partial charge in [0.05, 0.1) is 0 Å². The van der Waals surface area contributed by atoms with Crippen LogP contribution in [0.4, 0.5) is 0 Å². The van der Waals surface area contributed by atoms with E-state index in [1.165, 1.54) is 0 Å². The molecule has 3 nitrogen and oxygen atoms in total. The van der Waals surface area contributed by atoms with Gasteiger partial charge in [0.25, 0.3) is 0 Å². The van der Waals surface area contributed by atoms with E-state index >= 15 is 0 Å². The number of hydrogen-bond donors (Lipinski definition) is 2. The molecule has 0 radical (unpaired) electrons. The average molecular weight is 354 g/mol. The molecule has 0 saturated heterocycles. The molecule has 2 N–H and O–H groups in total. The first kappa shape index (κ1) is 17.5. The first-order chi connectivity index (χ1) is 9.25. The maximum atomic E-state index is 11.5. The zero-order chi connectivity index (χ0) is 15.3. The van der Waals surface area contributed by atoms with Crippen molar-refractivity contribution in [2.75, 3.05) is 0 Å². The molecular weight excluding hydrogens is 339 g/mol. The number of alkyl halides is 3. The second-order valence-corrected chi connectivity index (χ2v) is 6.96. The SMILES string of the molecule is CCC(=O)NC(NC(=S)c1ccccc1C)C(Cl)(Cl)Cl. The predicted octanol–water partition coefficient (Wildman–Crippen LogP) is 3.48. The van der Waals surface area contributed by atoms with Gasteiger partial charge in [0.15, 0.2) is 0 Å². The number of rotatable bonds is 4. The molecule has 0 bridgehead atoms. The van der Waals surface area contributed by atoms with Gasteiger partial charge in [0, 0.05) is 12.0 Å². The van der Waals surface area contributed by atoms with Gasteiger partial charge in [-0.3, -0.25) is 4.79 Å². The zero-order valence-corrected chi connectivity index (χ0v) is 14.1. The Morgan fingerprint density at radius 3 is 2.40 bits per heavy atom. The van der Waals surface area contributed by atoms with Crippen LogP contribution in [-0.4, -0.2) is 20.9 Å². The molecule has 1 amide bonds. The summed E-state index contributed by atoms with van der Waals surface area (Å²) in [5.74, 6) is -0.235. The van der Waals surface area contributed by atoms with E-state index in [1.54, 1.807) is 6.92 Å². The molecule has 0 fully saturated rings. The van der Waals surface area contributed by atoms with E-state index < -0.39 is 9.96 Å².